The molecule has 0 bridgehead atoms. The van der Waals surface area contributed by atoms with E-state index in [-0.39, 0.29) is 11.8 Å². The van der Waals surface area contributed by atoms with Crippen molar-refractivity contribution < 1.29 is 14.3 Å². The minimum atomic E-state index is -0.302. The normalized spacial score (nSPS) is 13.7. The van der Waals surface area contributed by atoms with Crippen LogP contribution in [-0.4, -0.2) is 68.2 Å². The quantitative estimate of drug-likeness (QED) is 0.492. The van der Waals surface area contributed by atoms with Gasteiger partial charge in [-0.05, 0) is 49.5 Å². The molecule has 1 aliphatic rings. The van der Waals surface area contributed by atoms with Gasteiger partial charge in [0.2, 0.25) is 11.9 Å². The second-order valence-corrected chi connectivity index (χ2v) is 8.23. The van der Waals surface area contributed by atoms with Crippen LogP contribution in [0.2, 0.25) is 0 Å². The third-order valence-corrected chi connectivity index (χ3v) is 5.84. The second kappa shape index (κ2) is 10.9. The minimum absolute atomic E-state index is 0.269. The molecule has 1 N–H and O–H groups in total. The van der Waals surface area contributed by atoms with Gasteiger partial charge in [0, 0.05) is 56.4 Å². The van der Waals surface area contributed by atoms with Crippen LogP contribution in [0.4, 0.5) is 23.0 Å². The number of hydrogen-bond acceptors (Lipinski definition) is 8. The standard InChI is InChI=1S/C26H30N6O3/c1-5-24(33)28-19-7-6-8-22(17-19)35-25-23(34-4)18-27-26(29-25)31(3)20-9-11-21(12-10-20)32-15-13-30(2)14-16-32/h5-12,17-18H,1,13-16H2,2-4H3,(H,28,33). The first kappa shape index (κ1) is 24.0. The average molecular weight is 475 g/mol. The Morgan fingerprint density at radius 2 is 1.89 bits per heavy atom. The highest BCUT2D eigenvalue weighted by Gasteiger charge is 2.17. The number of nitrogens with zero attached hydrogens (tertiary/aromatic N) is 5. The monoisotopic (exact) mass is 474 g/mol. The van der Waals surface area contributed by atoms with Crippen LogP contribution in [0.25, 0.3) is 0 Å². The fourth-order valence-electron chi connectivity index (χ4n) is 3.73. The van der Waals surface area contributed by atoms with Crippen LogP contribution in [0.1, 0.15) is 0 Å². The van der Waals surface area contributed by atoms with E-state index in [0.29, 0.717) is 23.1 Å². The molecule has 1 aliphatic heterocycles. The number of hydrogen-bond donors (Lipinski definition) is 1. The second-order valence-electron chi connectivity index (χ2n) is 8.23. The van der Waals surface area contributed by atoms with Gasteiger partial charge in [0.25, 0.3) is 5.88 Å². The number of benzene rings is 2. The first-order chi connectivity index (χ1) is 17.0. The number of likely N-dealkylation sites (N-methyl/N-ethyl adjacent to an activating group) is 1. The summed E-state index contributed by atoms with van der Waals surface area (Å²) in [5, 5.41) is 2.71. The Morgan fingerprint density at radius 3 is 2.57 bits per heavy atom. The molecule has 9 nitrogen and oxygen atoms in total. The van der Waals surface area contributed by atoms with Crippen LogP contribution in [0.3, 0.4) is 0 Å². The number of carbonyl (C=O) groups is 1. The van der Waals surface area contributed by atoms with Gasteiger partial charge in [-0.25, -0.2) is 4.98 Å². The van der Waals surface area contributed by atoms with Crippen molar-refractivity contribution in [3.8, 4) is 17.4 Å². The maximum absolute atomic E-state index is 11.6. The van der Waals surface area contributed by atoms with Crippen LogP contribution in [0, 0.1) is 0 Å². The van der Waals surface area contributed by atoms with Crippen molar-refractivity contribution in [1.29, 1.82) is 0 Å². The Balaban J connectivity index is 1.51. The molecule has 0 atom stereocenters. The van der Waals surface area contributed by atoms with Gasteiger partial charge in [-0.2, -0.15) is 4.98 Å². The minimum Gasteiger partial charge on any atom is -0.490 e. The summed E-state index contributed by atoms with van der Waals surface area (Å²) >= 11 is 0. The van der Waals surface area contributed by atoms with Crippen molar-refractivity contribution >= 4 is 28.9 Å². The lowest BCUT2D eigenvalue weighted by molar-refractivity contribution is -0.111. The van der Waals surface area contributed by atoms with Crippen molar-refractivity contribution in [2.24, 2.45) is 0 Å². The van der Waals surface area contributed by atoms with Crippen LogP contribution in [-0.2, 0) is 4.79 Å². The van der Waals surface area contributed by atoms with E-state index in [4.69, 9.17) is 9.47 Å². The summed E-state index contributed by atoms with van der Waals surface area (Å²) < 4.78 is 11.4. The van der Waals surface area contributed by atoms with Gasteiger partial charge < -0.3 is 29.5 Å². The molecule has 2 heterocycles. The molecule has 9 heteroatoms. The zero-order chi connectivity index (χ0) is 24.8. The van der Waals surface area contributed by atoms with Gasteiger partial charge in [0.05, 0.1) is 13.3 Å². The summed E-state index contributed by atoms with van der Waals surface area (Å²) in [5.41, 5.74) is 2.74. The molecule has 0 unspecified atom stereocenters. The molecule has 3 aromatic rings. The highest BCUT2D eigenvalue weighted by Crippen LogP contribution is 2.33. The van der Waals surface area contributed by atoms with E-state index in [1.54, 1.807) is 30.5 Å². The molecule has 2 aromatic carbocycles. The summed E-state index contributed by atoms with van der Waals surface area (Å²) in [5.74, 6) is 1.32. The first-order valence-corrected chi connectivity index (χ1v) is 11.4. The number of ether oxygens (including phenoxy) is 2. The van der Waals surface area contributed by atoms with E-state index in [9.17, 15) is 4.79 Å². The molecule has 35 heavy (non-hydrogen) atoms. The molecule has 182 valence electrons. The SMILES string of the molecule is C=CC(=O)Nc1cccc(Oc2nc(N(C)c3ccc(N4CCN(C)CC4)cc3)ncc2OC)c1. The van der Waals surface area contributed by atoms with E-state index < -0.39 is 0 Å². The Bertz CT molecular complexity index is 1180. The van der Waals surface area contributed by atoms with Gasteiger partial charge in [-0.15, -0.1) is 0 Å². The lowest BCUT2D eigenvalue weighted by Crippen LogP contribution is -2.44. The van der Waals surface area contributed by atoms with Gasteiger partial charge >= 0.3 is 0 Å². The number of amides is 1. The van der Waals surface area contributed by atoms with Gasteiger partial charge in [0.1, 0.15) is 5.75 Å². The van der Waals surface area contributed by atoms with E-state index in [2.05, 4.69) is 63.0 Å². The molecule has 1 saturated heterocycles. The van der Waals surface area contributed by atoms with Crippen LogP contribution >= 0.6 is 0 Å². The van der Waals surface area contributed by atoms with E-state index >= 15 is 0 Å². The van der Waals surface area contributed by atoms with Crippen LogP contribution in [0.5, 0.6) is 17.4 Å². The number of piperazine rings is 1. The highest BCUT2D eigenvalue weighted by atomic mass is 16.5. The maximum Gasteiger partial charge on any atom is 0.267 e. The van der Waals surface area contributed by atoms with Crippen molar-refractivity contribution in [2.45, 2.75) is 0 Å². The summed E-state index contributed by atoms with van der Waals surface area (Å²) in [6.07, 6.45) is 2.79. The molecule has 0 radical (unpaired) electrons. The fraction of sp³-hybridized carbons (Fsp3) is 0.269. The predicted molar refractivity (Wildman–Crippen MR) is 138 cm³/mol. The molecular weight excluding hydrogens is 444 g/mol. The molecule has 0 aliphatic carbocycles. The third-order valence-electron chi connectivity index (χ3n) is 5.84. The lowest BCUT2D eigenvalue weighted by atomic mass is 10.2. The summed E-state index contributed by atoms with van der Waals surface area (Å²) in [6, 6.07) is 15.4. The fourth-order valence-corrected chi connectivity index (χ4v) is 3.73. The Labute approximate surface area is 205 Å². The molecule has 1 fully saturated rings. The number of anilines is 4. The predicted octanol–water partition coefficient (Wildman–Crippen LogP) is 3.92. The van der Waals surface area contributed by atoms with Crippen molar-refractivity contribution in [2.75, 3.05) is 62.5 Å². The molecule has 1 aromatic heterocycles. The van der Waals surface area contributed by atoms with Crippen molar-refractivity contribution in [3.63, 3.8) is 0 Å². The lowest BCUT2D eigenvalue weighted by Gasteiger charge is -2.34. The maximum atomic E-state index is 11.6. The Kier molecular flexibility index (Phi) is 7.47. The van der Waals surface area contributed by atoms with Crippen molar-refractivity contribution in [3.05, 3.63) is 67.4 Å². The van der Waals surface area contributed by atoms with Gasteiger partial charge in [-0.1, -0.05) is 12.6 Å². The largest absolute Gasteiger partial charge is 0.490 e. The molecular formula is C26H30N6O3. The number of aromatic nitrogens is 2. The first-order valence-electron chi connectivity index (χ1n) is 11.4. The topological polar surface area (TPSA) is 83.1 Å². The summed E-state index contributed by atoms with van der Waals surface area (Å²) in [6.45, 7) is 7.63. The molecule has 1 amide bonds. The number of carbonyl (C=O) groups excluding carboxylic acids is 1. The Morgan fingerprint density at radius 1 is 1.14 bits per heavy atom. The van der Waals surface area contributed by atoms with Crippen LogP contribution < -0.4 is 24.6 Å². The van der Waals surface area contributed by atoms with Gasteiger partial charge in [0.15, 0.2) is 5.75 Å². The van der Waals surface area contributed by atoms with E-state index in [1.165, 1.54) is 18.9 Å². The Hall–Kier alpha value is -4.11. The van der Waals surface area contributed by atoms with Crippen LogP contribution in [0.15, 0.2) is 67.4 Å². The zero-order valence-electron chi connectivity index (χ0n) is 20.3. The van der Waals surface area contributed by atoms with E-state index in [0.717, 1.165) is 31.9 Å². The molecule has 0 saturated carbocycles. The van der Waals surface area contributed by atoms with Gasteiger partial charge in [-0.3, -0.25) is 4.79 Å². The number of methoxy groups -OCH3 is 1. The highest BCUT2D eigenvalue weighted by molar-refractivity contribution is 5.98. The van der Waals surface area contributed by atoms with Crippen molar-refractivity contribution in [1.82, 2.24) is 14.9 Å². The number of rotatable bonds is 8. The summed E-state index contributed by atoms with van der Waals surface area (Å²) in [7, 11) is 5.59. The summed E-state index contributed by atoms with van der Waals surface area (Å²) in [4.78, 5) is 27.3. The average Bonchev–Trinajstić information content (AvgIpc) is 2.89. The third kappa shape index (κ3) is 5.88. The zero-order valence-corrected chi connectivity index (χ0v) is 20.3. The molecule has 0 spiro atoms. The van der Waals surface area contributed by atoms with E-state index in [1.807, 2.05) is 11.9 Å². The number of nitrogens with one attached hydrogen (secondary N) is 1. The smallest absolute Gasteiger partial charge is 0.267 e. The molecule has 4 rings (SSSR count).